The minimum absolute atomic E-state index is 0.0256. The molecule has 1 aliphatic heterocycles. The van der Waals surface area contributed by atoms with Crippen LogP contribution in [0.2, 0.25) is 0 Å². The van der Waals surface area contributed by atoms with Crippen LogP contribution in [0.25, 0.3) is 0 Å². The number of halogens is 1. The summed E-state index contributed by atoms with van der Waals surface area (Å²) in [5.41, 5.74) is -0.575. The van der Waals surface area contributed by atoms with Crippen molar-refractivity contribution >= 4 is 16.1 Å². The lowest BCUT2D eigenvalue weighted by molar-refractivity contribution is 0.0192. The molecular formula is C16H20FN3O4S. The van der Waals surface area contributed by atoms with Gasteiger partial charge in [-0.1, -0.05) is 0 Å². The second kappa shape index (κ2) is 6.98. The first kappa shape index (κ1) is 19.1. The van der Waals surface area contributed by atoms with E-state index in [0.717, 1.165) is 16.4 Å². The van der Waals surface area contributed by atoms with Gasteiger partial charge in [-0.25, -0.2) is 17.6 Å². The number of nitriles is 1. The SMILES string of the molecule is CC(C)(C)OC(=O)N1CCN(S(=O)(=O)c2cc(C#N)ccc2F)CC1. The largest absolute Gasteiger partial charge is 0.444 e. The average molecular weight is 369 g/mol. The van der Waals surface area contributed by atoms with Crippen LogP contribution in [-0.2, 0) is 14.8 Å². The lowest BCUT2D eigenvalue weighted by Gasteiger charge is -2.35. The standard InChI is InChI=1S/C16H20FN3O4S/c1-16(2,3)24-15(21)19-6-8-20(9-7-19)25(22,23)14-10-12(11-18)4-5-13(14)17/h4-5,10H,6-9H2,1-3H3. The Bertz CT molecular complexity index is 804. The van der Waals surface area contributed by atoms with Crippen LogP contribution in [0.4, 0.5) is 9.18 Å². The highest BCUT2D eigenvalue weighted by atomic mass is 32.2. The quantitative estimate of drug-likeness (QED) is 0.795. The summed E-state index contributed by atoms with van der Waals surface area (Å²) >= 11 is 0. The normalized spacial score (nSPS) is 16.4. The van der Waals surface area contributed by atoms with Crippen LogP contribution in [0.1, 0.15) is 26.3 Å². The van der Waals surface area contributed by atoms with Gasteiger partial charge in [0.25, 0.3) is 0 Å². The molecule has 25 heavy (non-hydrogen) atoms. The zero-order chi connectivity index (χ0) is 18.8. The Morgan fingerprint density at radius 2 is 1.84 bits per heavy atom. The highest BCUT2D eigenvalue weighted by Gasteiger charge is 2.33. The molecule has 9 heteroatoms. The van der Waals surface area contributed by atoms with Crippen molar-refractivity contribution in [2.24, 2.45) is 0 Å². The lowest BCUT2D eigenvalue weighted by Crippen LogP contribution is -2.51. The Labute approximate surface area is 146 Å². The van der Waals surface area contributed by atoms with Gasteiger partial charge in [-0.05, 0) is 39.0 Å². The van der Waals surface area contributed by atoms with Gasteiger partial charge in [0.1, 0.15) is 16.3 Å². The predicted molar refractivity (Wildman–Crippen MR) is 87.7 cm³/mol. The Hall–Kier alpha value is -2.18. The molecule has 7 nitrogen and oxygen atoms in total. The second-order valence-electron chi connectivity index (χ2n) is 6.63. The summed E-state index contributed by atoms with van der Waals surface area (Å²) < 4.78 is 45.6. The van der Waals surface area contributed by atoms with Crippen LogP contribution < -0.4 is 0 Å². The van der Waals surface area contributed by atoms with Gasteiger partial charge in [-0.3, -0.25) is 0 Å². The average Bonchev–Trinajstić information content (AvgIpc) is 2.53. The third-order valence-electron chi connectivity index (χ3n) is 3.57. The Morgan fingerprint density at radius 1 is 1.24 bits per heavy atom. The molecule has 136 valence electrons. The number of benzene rings is 1. The van der Waals surface area contributed by atoms with E-state index in [4.69, 9.17) is 10.00 Å². The van der Waals surface area contributed by atoms with Crippen molar-refractivity contribution in [3.05, 3.63) is 29.6 Å². The van der Waals surface area contributed by atoms with Crippen molar-refractivity contribution in [3.63, 3.8) is 0 Å². The van der Waals surface area contributed by atoms with Gasteiger partial charge in [0.15, 0.2) is 0 Å². The monoisotopic (exact) mass is 369 g/mol. The molecule has 0 spiro atoms. The van der Waals surface area contributed by atoms with Crippen molar-refractivity contribution in [1.29, 1.82) is 5.26 Å². The van der Waals surface area contributed by atoms with Crippen molar-refractivity contribution < 1.29 is 22.3 Å². The Kier molecular flexibility index (Phi) is 5.34. The first-order valence-corrected chi connectivity index (χ1v) is 9.16. The summed E-state index contributed by atoms with van der Waals surface area (Å²) in [7, 11) is -4.08. The maximum atomic E-state index is 13.9. The molecule has 0 saturated carbocycles. The van der Waals surface area contributed by atoms with E-state index < -0.39 is 32.4 Å². The van der Waals surface area contributed by atoms with Crippen LogP contribution in [0.3, 0.4) is 0 Å². The number of carbonyl (C=O) groups excluding carboxylic acids is 1. The summed E-state index contributed by atoms with van der Waals surface area (Å²) in [6.45, 7) is 5.58. The van der Waals surface area contributed by atoms with E-state index in [-0.39, 0.29) is 31.7 Å². The molecule has 2 rings (SSSR count). The van der Waals surface area contributed by atoms with Gasteiger partial charge in [0, 0.05) is 26.2 Å². The minimum atomic E-state index is -4.08. The van der Waals surface area contributed by atoms with Crippen LogP contribution in [0.15, 0.2) is 23.1 Å². The highest BCUT2D eigenvalue weighted by molar-refractivity contribution is 7.89. The summed E-state index contributed by atoms with van der Waals surface area (Å²) in [5, 5.41) is 8.88. The molecule has 0 atom stereocenters. The van der Waals surface area contributed by atoms with Gasteiger partial charge < -0.3 is 9.64 Å². The molecule has 0 aromatic heterocycles. The van der Waals surface area contributed by atoms with Crippen molar-refractivity contribution in [2.75, 3.05) is 26.2 Å². The third-order valence-corrected chi connectivity index (χ3v) is 5.48. The number of amides is 1. The van der Waals surface area contributed by atoms with Crippen LogP contribution in [0, 0.1) is 17.1 Å². The molecule has 1 aromatic carbocycles. The molecule has 0 radical (unpaired) electrons. The number of nitrogens with zero attached hydrogens (tertiary/aromatic N) is 3. The van der Waals surface area contributed by atoms with Crippen molar-refractivity contribution in [3.8, 4) is 6.07 Å². The lowest BCUT2D eigenvalue weighted by atomic mass is 10.2. The number of hydrogen-bond acceptors (Lipinski definition) is 5. The molecule has 1 saturated heterocycles. The van der Waals surface area contributed by atoms with Crippen molar-refractivity contribution in [1.82, 2.24) is 9.21 Å². The fourth-order valence-electron chi connectivity index (χ4n) is 2.35. The smallest absolute Gasteiger partial charge is 0.410 e. The van der Waals surface area contributed by atoms with Gasteiger partial charge in [-0.2, -0.15) is 9.57 Å². The zero-order valence-corrected chi connectivity index (χ0v) is 15.1. The van der Waals surface area contributed by atoms with E-state index in [1.165, 1.54) is 11.0 Å². The van der Waals surface area contributed by atoms with E-state index in [1.54, 1.807) is 26.8 Å². The van der Waals surface area contributed by atoms with Gasteiger partial charge in [0.05, 0.1) is 11.6 Å². The zero-order valence-electron chi connectivity index (χ0n) is 14.3. The fraction of sp³-hybridized carbons (Fsp3) is 0.500. The van der Waals surface area contributed by atoms with Gasteiger partial charge >= 0.3 is 6.09 Å². The molecular weight excluding hydrogens is 349 g/mol. The number of ether oxygens (including phenoxy) is 1. The summed E-state index contributed by atoms with van der Waals surface area (Å²) in [4.78, 5) is 12.9. The Balaban J connectivity index is 2.12. The molecule has 0 N–H and O–H groups in total. The van der Waals surface area contributed by atoms with Crippen LogP contribution in [0.5, 0.6) is 0 Å². The van der Waals surface area contributed by atoms with Crippen molar-refractivity contribution in [2.45, 2.75) is 31.3 Å². The summed E-state index contributed by atoms with van der Waals surface area (Å²) in [6.07, 6.45) is -0.512. The maximum absolute atomic E-state index is 13.9. The molecule has 1 fully saturated rings. The van der Waals surface area contributed by atoms with E-state index in [2.05, 4.69) is 0 Å². The number of rotatable bonds is 2. The molecule has 0 bridgehead atoms. The Morgan fingerprint density at radius 3 is 2.36 bits per heavy atom. The van der Waals surface area contributed by atoms with Gasteiger partial charge in [-0.15, -0.1) is 0 Å². The van der Waals surface area contributed by atoms with Gasteiger partial charge in [0.2, 0.25) is 10.0 Å². The topological polar surface area (TPSA) is 90.7 Å². The number of carbonyl (C=O) groups is 1. The predicted octanol–water partition coefficient (Wildman–Crippen LogP) is 1.94. The minimum Gasteiger partial charge on any atom is -0.444 e. The van der Waals surface area contributed by atoms with E-state index >= 15 is 0 Å². The first-order chi connectivity index (χ1) is 11.5. The molecule has 1 aliphatic rings. The molecule has 0 unspecified atom stereocenters. The van der Waals surface area contributed by atoms with E-state index in [9.17, 15) is 17.6 Å². The molecule has 1 heterocycles. The number of sulfonamides is 1. The number of hydrogen-bond donors (Lipinski definition) is 0. The van der Waals surface area contributed by atoms with E-state index in [0.29, 0.717) is 0 Å². The second-order valence-corrected chi connectivity index (χ2v) is 8.53. The first-order valence-electron chi connectivity index (χ1n) is 7.72. The summed E-state index contributed by atoms with van der Waals surface area (Å²) in [5.74, 6) is -0.909. The van der Waals surface area contributed by atoms with Crippen LogP contribution in [-0.4, -0.2) is 55.5 Å². The summed E-state index contributed by atoms with van der Waals surface area (Å²) in [6, 6.07) is 4.99. The molecule has 0 aliphatic carbocycles. The number of piperazine rings is 1. The highest BCUT2D eigenvalue weighted by Crippen LogP contribution is 2.22. The molecule has 1 amide bonds. The third kappa shape index (κ3) is 4.46. The maximum Gasteiger partial charge on any atom is 0.410 e. The fourth-order valence-corrected chi connectivity index (χ4v) is 3.86. The van der Waals surface area contributed by atoms with Crippen LogP contribution >= 0.6 is 0 Å². The van der Waals surface area contributed by atoms with E-state index in [1.807, 2.05) is 0 Å². The molecule has 1 aromatic rings.